The number of benzene rings is 2. The Hall–Kier alpha value is -3.47. The van der Waals surface area contributed by atoms with Crippen LogP contribution >= 0.6 is 11.6 Å². The molecule has 222 valence electrons. The van der Waals surface area contributed by atoms with Gasteiger partial charge in [0, 0.05) is 30.2 Å². The summed E-state index contributed by atoms with van der Waals surface area (Å²) in [6.45, 7) is 6.17. The molecule has 1 fully saturated rings. The van der Waals surface area contributed by atoms with Crippen molar-refractivity contribution in [3.8, 4) is 0 Å². The van der Waals surface area contributed by atoms with Crippen LogP contribution in [0.5, 0.6) is 0 Å². The molecule has 0 saturated carbocycles. The van der Waals surface area contributed by atoms with Gasteiger partial charge in [-0.2, -0.15) is 13.2 Å². The summed E-state index contributed by atoms with van der Waals surface area (Å²) >= 11 is 6.14. The van der Waals surface area contributed by atoms with Gasteiger partial charge in [0.15, 0.2) is 0 Å². The van der Waals surface area contributed by atoms with Gasteiger partial charge in [0.2, 0.25) is 0 Å². The van der Waals surface area contributed by atoms with Crippen molar-refractivity contribution in [1.29, 1.82) is 0 Å². The van der Waals surface area contributed by atoms with Crippen molar-refractivity contribution < 1.29 is 22.3 Å². The van der Waals surface area contributed by atoms with Crippen molar-refractivity contribution in [2.24, 2.45) is 0 Å². The predicted octanol–water partition coefficient (Wildman–Crippen LogP) is 6.19. The number of alkyl halides is 3. The minimum Gasteiger partial charge on any atom is -0.364 e. The second-order valence-electron chi connectivity index (χ2n) is 10.7. The van der Waals surface area contributed by atoms with Crippen LogP contribution in [0.1, 0.15) is 53.8 Å². The summed E-state index contributed by atoms with van der Waals surface area (Å²) in [5, 5.41) is 0.635. The molecule has 6 nitrogen and oxygen atoms in total. The number of halogens is 5. The third-order valence-electron chi connectivity index (χ3n) is 8.06. The van der Waals surface area contributed by atoms with Gasteiger partial charge in [-0.3, -0.25) is 18.8 Å². The van der Waals surface area contributed by atoms with E-state index >= 15 is 0 Å². The van der Waals surface area contributed by atoms with Gasteiger partial charge in [-0.15, -0.1) is 0 Å². The predicted molar refractivity (Wildman–Crippen MR) is 152 cm³/mol. The summed E-state index contributed by atoms with van der Waals surface area (Å²) in [6, 6.07) is 9.48. The van der Waals surface area contributed by atoms with Gasteiger partial charge in [0.25, 0.3) is 5.56 Å². The number of allylic oxidation sites excluding steroid dienone is 3. The number of ether oxygens (including phenoxy) is 1. The van der Waals surface area contributed by atoms with Crippen LogP contribution in [0.15, 0.2) is 76.9 Å². The molecule has 0 bridgehead atoms. The number of hydrogen-bond donors (Lipinski definition) is 0. The molecule has 0 radical (unpaired) electrons. The molecule has 2 aromatic carbocycles. The van der Waals surface area contributed by atoms with E-state index in [1.165, 1.54) is 6.08 Å². The van der Waals surface area contributed by atoms with Crippen LogP contribution in [-0.2, 0) is 36.2 Å². The smallest absolute Gasteiger partial charge is 0.364 e. The maximum Gasteiger partial charge on any atom is 0.416 e. The van der Waals surface area contributed by atoms with E-state index < -0.39 is 52.6 Å². The van der Waals surface area contributed by atoms with Crippen molar-refractivity contribution in [1.82, 2.24) is 14.0 Å². The lowest BCUT2D eigenvalue weighted by Crippen LogP contribution is -2.49. The van der Waals surface area contributed by atoms with Gasteiger partial charge < -0.3 is 4.74 Å². The average Bonchev–Trinajstić information content (AvgIpc) is 3.30. The second-order valence-corrected chi connectivity index (χ2v) is 11.1. The van der Waals surface area contributed by atoms with Crippen molar-refractivity contribution in [2.45, 2.75) is 57.3 Å². The first-order valence-electron chi connectivity index (χ1n) is 13.6. The number of aromatic nitrogens is 2. The van der Waals surface area contributed by atoms with E-state index in [4.69, 9.17) is 16.3 Å². The molecule has 5 rings (SSSR count). The fourth-order valence-corrected chi connectivity index (χ4v) is 6.16. The lowest BCUT2D eigenvalue weighted by Gasteiger charge is -2.39. The van der Waals surface area contributed by atoms with E-state index in [9.17, 15) is 27.2 Å². The third-order valence-corrected chi connectivity index (χ3v) is 8.29. The molecule has 1 saturated heterocycles. The summed E-state index contributed by atoms with van der Waals surface area (Å²) in [5.74, 6) is -1.09. The van der Waals surface area contributed by atoms with E-state index in [1.807, 2.05) is 18.2 Å². The highest BCUT2D eigenvalue weighted by atomic mass is 35.5. The van der Waals surface area contributed by atoms with Gasteiger partial charge in [0.05, 0.1) is 36.0 Å². The van der Waals surface area contributed by atoms with Gasteiger partial charge in [-0.05, 0) is 49.6 Å². The Kier molecular flexibility index (Phi) is 8.33. The molecular formula is C31H30ClF4N3O3. The normalized spacial score (nSPS) is 17.6. The molecule has 42 heavy (non-hydrogen) atoms. The fraction of sp³-hybridized carbons (Fsp3) is 0.355. The van der Waals surface area contributed by atoms with Gasteiger partial charge in [-0.25, -0.2) is 9.18 Å². The van der Waals surface area contributed by atoms with Crippen molar-refractivity contribution in [2.75, 3.05) is 13.1 Å². The van der Waals surface area contributed by atoms with Crippen LogP contribution in [0.3, 0.4) is 0 Å². The molecule has 1 aromatic heterocycles. The second kappa shape index (κ2) is 11.7. The molecular weight excluding hydrogens is 574 g/mol. The average molecular weight is 604 g/mol. The summed E-state index contributed by atoms with van der Waals surface area (Å²) in [6.07, 6.45) is 0.672. The number of nitrogens with zero attached hydrogens (tertiary/aromatic N) is 3. The first-order chi connectivity index (χ1) is 19.9. The third kappa shape index (κ3) is 5.63. The first kappa shape index (κ1) is 30.0. The highest BCUT2D eigenvalue weighted by Gasteiger charge is 2.47. The Morgan fingerprint density at radius 1 is 1.12 bits per heavy atom. The Labute approximate surface area is 245 Å². The first-order valence-corrected chi connectivity index (χ1v) is 14.0. The number of piperidine rings is 1. The molecule has 0 amide bonds. The summed E-state index contributed by atoms with van der Waals surface area (Å²) in [5.41, 5.74) is -2.81. The number of rotatable bonds is 7. The Balaban J connectivity index is 1.59. The van der Waals surface area contributed by atoms with Gasteiger partial charge in [-0.1, -0.05) is 54.6 Å². The van der Waals surface area contributed by atoms with Crippen molar-refractivity contribution in [3.63, 3.8) is 0 Å². The highest BCUT2D eigenvalue weighted by molar-refractivity contribution is 6.30. The molecule has 2 aliphatic heterocycles. The molecule has 3 aromatic rings. The van der Waals surface area contributed by atoms with E-state index in [-0.39, 0.29) is 17.9 Å². The number of hydrogen-bond acceptors (Lipinski definition) is 4. The fourth-order valence-electron chi connectivity index (χ4n) is 5.95. The zero-order valence-electron chi connectivity index (χ0n) is 23.0. The Morgan fingerprint density at radius 2 is 1.83 bits per heavy atom. The highest BCUT2D eigenvalue weighted by Crippen LogP contribution is 2.43. The minimum atomic E-state index is -4.84. The standard InChI is InChI=1S/C31H30ClF4N3O3/c1-3-4-7-20(2)39-28(40)27-26(38(29(39)41)18-23-24(31(34,35)36)10-6-11-25(23)33)19-42-30(27)12-14-37(15-13-30)17-21-8-5-9-22(32)16-21/h3-11,16,20H,1,12-15,17-19H2,2H3/b7-4-. The lowest BCUT2D eigenvalue weighted by molar-refractivity contribution is -0.138. The molecule has 0 N–H and O–H groups in total. The van der Waals surface area contributed by atoms with Crippen LogP contribution in [0.25, 0.3) is 0 Å². The molecule has 0 aliphatic carbocycles. The van der Waals surface area contributed by atoms with E-state index in [2.05, 4.69) is 11.5 Å². The lowest BCUT2D eigenvalue weighted by atomic mass is 9.85. The number of likely N-dealkylation sites (tertiary alicyclic amines) is 1. The van der Waals surface area contributed by atoms with E-state index in [0.29, 0.717) is 37.5 Å². The maximum atomic E-state index is 14.9. The number of fused-ring (bicyclic) bond motifs is 2. The SMILES string of the molecule is C=C/C=C\C(C)n1c(=O)c2c(n(Cc3c(F)cccc3C(F)(F)F)c1=O)COC21CCN(Cc2cccc(Cl)c2)CC1. The van der Waals surface area contributed by atoms with Gasteiger partial charge in [0.1, 0.15) is 11.4 Å². The van der Waals surface area contributed by atoms with Gasteiger partial charge >= 0.3 is 11.9 Å². The van der Waals surface area contributed by atoms with Crippen molar-refractivity contribution >= 4 is 11.6 Å². The van der Waals surface area contributed by atoms with E-state index in [0.717, 1.165) is 32.9 Å². The van der Waals surface area contributed by atoms with Crippen LogP contribution in [0, 0.1) is 5.82 Å². The zero-order chi connectivity index (χ0) is 30.2. The summed E-state index contributed by atoms with van der Waals surface area (Å²) in [7, 11) is 0. The quantitative estimate of drug-likeness (QED) is 0.239. The summed E-state index contributed by atoms with van der Waals surface area (Å²) < 4.78 is 64.8. The monoisotopic (exact) mass is 603 g/mol. The Morgan fingerprint density at radius 3 is 2.50 bits per heavy atom. The molecule has 1 unspecified atom stereocenters. The molecule has 1 spiro atoms. The van der Waals surface area contributed by atoms with Crippen LogP contribution in [-0.4, -0.2) is 27.1 Å². The van der Waals surface area contributed by atoms with Crippen LogP contribution < -0.4 is 11.2 Å². The van der Waals surface area contributed by atoms with Crippen LogP contribution in [0.4, 0.5) is 17.6 Å². The van der Waals surface area contributed by atoms with Crippen molar-refractivity contribution in [3.05, 3.63) is 127 Å². The zero-order valence-corrected chi connectivity index (χ0v) is 23.7. The molecule has 2 aliphatic rings. The summed E-state index contributed by atoms with van der Waals surface area (Å²) in [4.78, 5) is 30.0. The molecule has 1 atom stereocenters. The van der Waals surface area contributed by atoms with E-state index in [1.54, 1.807) is 25.1 Å². The Bertz CT molecular complexity index is 1650. The maximum absolute atomic E-state index is 14.9. The minimum absolute atomic E-state index is 0.151. The largest absolute Gasteiger partial charge is 0.416 e. The van der Waals surface area contributed by atoms with Crippen LogP contribution in [0.2, 0.25) is 5.02 Å². The molecule has 11 heteroatoms. The topological polar surface area (TPSA) is 56.5 Å². The molecule has 3 heterocycles.